The number of rotatable bonds is 6. The van der Waals surface area contributed by atoms with Gasteiger partial charge in [-0.1, -0.05) is 13.8 Å². The van der Waals surface area contributed by atoms with Gasteiger partial charge in [0.05, 0.1) is 24.2 Å². The van der Waals surface area contributed by atoms with Crippen LogP contribution in [0.2, 0.25) is 0 Å². The van der Waals surface area contributed by atoms with Crippen molar-refractivity contribution in [2.45, 2.75) is 46.0 Å². The largest absolute Gasteiger partial charge is 0.496 e. The smallest absolute Gasteiger partial charge is 0.228 e. The molecule has 0 fully saturated rings. The lowest BCUT2D eigenvalue weighted by atomic mass is 10.0. The standard InChI is InChI=1S/C22H25N5O/c1-4-17-20(16-12-14-8-6-9-15(14)13-19(16)28-3)25-18(5-2)21(26-17)27-22-23-10-7-11-24-22/h7,10-13H,4-6,8-9H2,1-3H3,(H,23,24,26,27). The van der Waals surface area contributed by atoms with E-state index in [2.05, 4.69) is 41.3 Å². The Labute approximate surface area is 165 Å². The molecule has 2 heterocycles. The van der Waals surface area contributed by atoms with Crippen molar-refractivity contribution in [2.24, 2.45) is 0 Å². The van der Waals surface area contributed by atoms with Crippen molar-refractivity contribution in [2.75, 3.05) is 12.4 Å². The second-order valence-corrected chi connectivity index (χ2v) is 6.89. The van der Waals surface area contributed by atoms with E-state index in [0.29, 0.717) is 5.95 Å². The summed E-state index contributed by atoms with van der Waals surface area (Å²) in [6.45, 7) is 4.18. The van der Waals surface area contributed by atoms with E-state index in [0.717, 1.165) is 59.9 Å². The third-order valence-corrected chi connectivity index (χ3v) is 5.18. The molecule has 144 valence electrons. The minimum atomic E-state index is 0.524. The molecule has 28 heavy (non-hydrogen) atoms. The van der Waals surface area contributed by atoms with Crippen molar-refractivity contribution < 1.29 is 4.74 Å². The molecule has 1 aromatic carbocycles. The fourth-order valence-electron chi connectivity index (χ4n) is 3.74. The van der Waals surface area contributed by atoms with Crippen molar-refractivity contribution in [3.05, 3.63) is 53.1 Å². The molecule has 0 aliphatic heterocycles. The summed E-state index contributed by atoms with van der Waals surface area (Å²) in [5.41, 5.74) is 6.56. The lowest BCUT2D eigenvalue weighted by Gasteiger charge is -2.17. The van der Waals surface area contributed by atoms with Crippen LogP contribution < -0.4 is 10.1 Å². The number of hydrogen-bond donors (Lipinski definition) is 1. The Bertz CT molecular complexity index is 988. The summed E-state index contributed by atoms with van der Waals surface area (Å²) < 4.78 is 5.72. The van der Waals surface area contributed by atoms with E-state index >= 15 is 0 Å². The highest BCUT2D eigenvalue weighted by Crippen LogP contribution is 2.37. The maximum Gasteiger partial charge on any atom is 0.228 e. The van der Waals surface area contributed by atoms with Crippen molar-refractivity contribution >= 4 is 11.8 Å². The molecule has 0 unspecified atom stereocenters. The monoisotopic (exact) mass is 375 g/mol. The molecule has 0 spiro atoms. The Morgan fingerprint density at radius 2 is 1.68 bits per heavy atom. The van der Waals surface area contributed by atoms with Gasteiger partial charge in [-0.25, -0.2) is 19.9 Å². The second-order valence-electron chi connectivity index (χ2n) is 6.89. The third kappa shape index (κ3) is 3.42. The van der Waals surface area contributed by atoms with Crippen molar-refractivity contribution in [3.63, 3.8) is 0 Å². The Balaban J connectivity index is 1.82. The van der Waals surface area contributed by atoms with E-state index in [4.69, 9.17) is 14.7 Å². The summed E-state index contributed by atoms with van der Waals surface area (Å²) >= 11 is 0. The molecule has 1 aliphatic carbocycles. The Hall–Kier alpha value is -3.02. The summed E-state index contributed by atoms with van der Waals surface area (Å²) in [7, 11) is 1.72. The van der Waals surface area contributed by atoms with Gasteiger partial charge in [0.15, 0.2) is 5.82 Å². The highest BCUT2D eigenvalue weighted by molar-refractivity contribution is 5.73. The average molecular weight is 375 g/mol. The van der Waals surface area contributed by atoms with E-state index in [1.165, 1.54) is 17.5 Å². The molecule has 0 saturated carbocycles. The van der Waals surface area contributed by atoms with Gasteiger partial charge in [0.1, 0.15) is 5.75 Å². The minimum Gasteiger partial charge on any atom is -0.496 e. The molecule has 4 rings (SSSR count). The van der Waals surface area contributed by atoms with Gasteiger partial charge in [-0.2, -0.15) is 0 Å². The first-order valence-corrected chi connectivity index (χ1v) is 9.87. The fraction of sp³-hybridized carbons (Fsp3) is 0.364. The van der Waals surface area contributed by atoms with E-state index in [1.807, 2.05) is 0 Å². The lowest BCUT2D eigenvalue weighted by molar-refractivity contribution is 0.415. The zero-order valence-electron chi connectivity index (χ0n) is 16.6. The number of benzene rings is 1. The minimum absolute atomic E-state index is 0.524. The van der Waals surface area contributed by atoms with Crippen LogP contribution in [0.25, 0.3) is 11.3 Å². The van der Waals surface area contributed by atoms with Gasteiger partial charge in [-0.15, -0.1) is 0 Å². The first kappa shape index (κ1) is 18.3. The number of aryl methyl sites for hydroxylation is 4. The molecule has 0 atom stereocenters. The van der Waals surface area contributed by atoms with Crippen molar-refractivity contribution in [1.29, 1.82) is 0 Å². The summed E-state index contributed by atoms with van der Waals surface area (Å²) in [6, 6.07) is 6.21. The van der Waals surface area contributed by atoms with Crippen molar-refractivity contribution in [3.8, 4) is 17.0 Å². The molecule has 2 aromatic heterocycles. The molecule has 1 aliphatic rings. The predicted octanol–water partition coefficient (Wildman–Crippen LogP) is 4.30. The molecular weight excluding hydrogens is 350 g/mol. The Morgan fingerprint density at radius 3 is 2.36 bits per heavy atom. The number of methoxy groups -OCH3 is 1. The van der Waals surface area contributed by atoms with E-state index in [1.54, 1.807) is 25.6 Å². The van der Waals surface area contributed by atoms with E-state index in [9.17, 15) is 0 Å². The zero-order chi connectivity index (χ0) is 19.5. The number of aromatic nitrogens is 4. The number of nitrogens with zero attached hydrogens (tertiary/aromatic N) is 4. The SMILES string of the molecule is CCc1nc(-c2cc3c(cc2OC)CCC3)c(CC)nc1Nc1ncccn1. The molecule has 3 aromatic rings. The van der Waals surface area contributed by atoms with Crippen molar-refractivity contribution in [1.82, 2.24) is 19.9 Å². The summed E-state index contributed by atoms with van der Waals surface area (Å²) in [6.07, 6.45) is 8.39. The Morgan fingerprint density at radius 1 is 0.964 bits per heavy atom. The first-order valence-electron chi connectivity index (χ1n) is 9.87. The predicted molar refractivity (Wildman–Crippen MR) is 110 cm³/mol. The first-order chi connectivity index (χ1) is 13.7. The molecule has 0 saturated heterocycles. The highest BCUT2D eigenvalue weighted by atomic mass is 16.5. The van der Waals surface area contributed by atoms with Crippen LogP contribution in [0.15, 0.2) is 30.6 Å². The van der Waals surface area contributed by atoms with Gasteiger partial charge in [0.2, 0.25) is 5.95 Å². The quantitative estimate of drug-likeness (QED) is 0.692. The maximum atomic E-state index is 5.72. The molecular formula is C22H25N5O. The van der Waals surface area contributed by atoms with Crippen LogP contribution in [0.1, 0.15) is 42.8 Å². The average Bonchev–Trinajstić information content (AvgIpc) is 3.20. The van der Waals surface area contributed by atoms with Gasteiger partial charge < -0.3 is 10.1 Å². The van der Waals surface area contributed by atoms with Crippen LogP contribution in [0.5, 0.6) is 5.75 Å². The Kier molecular flexibility index (Phi) is 5.19. The summed E-state index contributed by atoms with van der Waals surface area (Å²) in [5, 5.41) is 3.22. The number of hydrogen-bond acceptors (Lipinski definition) is 6. The number of nitrogens with one attached hydrogen (secondary N) is 1. The van der Waals surface area contributed by atoms with E-state index < -0.39 is 0 Å². The van der Waals surface area contributed by atoms with Crippen LogP contribution >= 0.6 is 0 Å². The van der Waals surface area contributed by atoms with Crippen LogP contribution in [-0.2, 0) is 25.7 Å². The van der Waals surface area contributed by atoms with E-state index in [-0.39, 0.29) is 0 Å². The molecule has 0 amide bonds. The van der Waals surface area contributed by atoms with Gasteiger partial charge in [0.25, 0.3) is 0 Å². The second kappa shape index (κ2) is 7.92. The number of anilines is 2. The maximum absolute atomic E-state index is 5.72. The topological polar surface area (TPSA) is 72.8 Å². The third-order valence-electron chi connectivity index (χ3n) is 5.18. The molecule has 6 nitrogen and oxygen atoms in total. The normalized spacial score (nSPS) is 12.7. The van der Waals surface area contributed by atoms with Crippen LogP contribution in [0, 0.1) is 0 Å². The van der Waals surface area contributed by atoms with Gasteiger partial charge in [-0.05, 0) is 61.4 Å². The lowest BCUT2D eigenvalue weighted by Crippen LogP contribution is -2.09. The molecule has 0 radical (unpaired) electrons. The molecule has 1 N–H and O–H groups in total. The van der Waals surface area contributed by atoms with Gasteiger partial charge >= 0.3 is 0 Å². The fourth-order valence-corrected chi connectivity index (χ4v) is 3.74. The summed E-state index contributed by atoms with van der Waals surface area (Å²) in [5.74, 6) is 2.12. The van der Waals surface area contributed by atoms with Gasteiger partial charge in [0, 0.05) is 18.0 Å². The van der Waals surface area contributed by atoms with Crippen LogP contribution in [0.4, 0.5) is 11.8 Å². The van der Waals surface area contributed by atoms with Crippen LogP contribution in [-0.4, -0.2) is 27.0 Å². The van der Waals surface area contributed by atoms with Crippen LogP contribution in [0.3, 0.4) is 0 Å². The van der Waals surface area contributed by atoms with Gasteiger partial charge in [-0.3, -0.25) is 0 Å². The number of ether oxygens (including phenoxy) is 1. The number of fused-ring (bicyclic) bond motifs is 1. The molecule has 0 bridgehead atoms. The molecule has 6 heteroatoms. The summed E-state index contributed by atoms with van der Waals surface area (Å²) in [4.78, 5) is 18.4. The highest BCUT2D eigenvalue weighted by Gasteiger charge is 2.21. The zero-order valence-corrected chi connectivity index (χ0v) is 16.6.